The number of amides is 1. The summed E-state index contributed by atoms with van der Waals surface area (Å²) in [6, 6.07) is 8.49. The van der Waals surface area contributed by atoms with Gasteiger partial charge in [0.05, 0.1) is 22.5 Å². The topological polar surface area (TPSA) is 62.2 Å². The van der Waals surface area contributed by atoms with Crippen molar-refractivity contribution in [3.63, 3.8) is 0 Å². The Morgan fingerprint density at radius 2 is 1.96 bits per heavy atom. The number of hydrogen-bond donors (Lipinski definition) is 0. The van der Waals surface area contributed by atoms with Crippen molar-refractivity contribution in [2.75, 3.05) is 26.2 Å². The molecule has 3 aromatic rings. The molecule has 0 radical (unpaired) electrons. The Morgan fingerprint density at radius 3 is 2.68 bits per heavy atom. The summed E-state index contributed by atoms with van der Waals surface area (Å²) in [5.74, 6) is -0.0413. The minimum atomic E-state index is -0.0413. The van der Waals surface area contributed by atoms with E-state index in [1.54, 1.807) is 23.7 Å². The molecule has 3 heterocycles. The van der Waals surface area contributed by atoms with Crippen LogP contribution in [0.15, 0.2) is 42.9 Å². The number of thiazole rings is 1. The van der Waals surface area contributed by atoms with Crippen LogP contribution in [0.4, 0.5) is 0 Å². The Morgan fingerprint density at radius 1 is 1.16 bits per heavy atom. The highest BCUT2D eigenvalue weighted by Gasteiger charge is 2.27. The van der Waals surface area contributed by atoms with Gasteiger partial charge in [0, 0.05) is 38.6 Å². The molecule has 0 saturated carbocycles. The lowest BCUT2D eigenvalue weighted by Gasteiger charge is -2.37. The first kappa shape index (κ1) is 16.1. The first-order valence-electron chi connectivity index (χ1n) is 8.37. The van der Waals surface area contributed by atoms with Crippen LogP contribution in [0.2, 0.25) is 0 Å². The van der Waals surface area contributed by atoms with Crippen molar-refractivity contribution in [1.29, 1.82) is 0 Å². The van der Waals surface area contributed by atoms with Gasteiger partial charge in [-0.15, -0.1) is 11.3 Å². The SMILES string of the molecule is C[C@@H](c1nc2ccccc2s1)N1CCN(C(=O)c2cnccn2)CC1. The molecule has 0 unspecified atom stereocenters. The highest BCUT2D eigenvalue weighted by molar-refractivity contribution is 7.18. The van der Waals surface area contributed by atoms with Gasteiger partial charge in [-0.25, -0.2) is 9.97 Å². The number of benzene rings is 1. The summed E-state index contributed by atoms with van der Waals surface area (Å²) in [7, 11) is 0. The summed E-state index contributed by atoms with van der Waals surface area (Å²) < 4.78 is 1.22. The van der Waals surface area contributed by atoms with Crippen LogP contribution in [-0.2, 0) is 0 Å². The monoisotopic (exact) mass is 353 g/mol. The maximum Gasteiger partial charge on any atom is 0.274 e. The second kappa shape index (κ2) is 6.85. The van der Waals surface area contributed by atoms with E-state index in [9.17, 15) is 4.79 Å². The molecule has 2 aromatic heterocycles. The van der Waals surface area contributed by atoms with E-state index in [4.69, 9.17) is 4.98 Å². The predicted molar refractivity (Wildman–Crippen MR) is 97.5 cm³/mol. The summed E-state index contributed by atoms with van der Waals surface area (Å²) in [4.78, 5) is 29.5. The third-order valence-corrected chi connectivity index (χ3v) is 5.81. The number of rotatable bonds is 3. The van der Waals surface area contributed by atoms with Crippen molar-refractivity contribution < 1.29 is 4.79 Å². The fraction of sp³-hybridized carbons (Fsp3) is 0.333. The van der Waals surface area contributed by atoms with Crippen molar-refractivity contribution in [2.24, 2.45) is 0 Å². The maximum atomic E-state index is 12.5. The second-order valence-corrected chi connectivity index (χ2v) is 7.18. The molecule has 1 aromatic carbocycles. The van der Waals surface area contributed by atoms with Crippen LogP contribution < -0.4 is 0 Å². The van der Waals surface area contributed by atoms with Crippen molar-refractivity contribution in [2.45, 2.75) is 13.0 Å². The Balaban J connectivity index is 1.42. The molecular weight excluding hydrogens is 334 g/mol. The zero-order chi connectivity index (χ0) is 17.2. The maximum absolute atomic E-state index is 12.5. The minimum Gasteiger partial charge on any atom is -0.335 e. The summed E-state index contributed by atoms with van der Waals surface area (Å²) in [6.45, 7) is 5.26. The van der Waals surface area contributed by atoms with E-state index in [0.717, 1.165) is 23.6 Å². The zero-order valence-corrected chi connectivity index (χ0v) is 14.8. The number of carbonyl (C=O) groups excluding carboxylic acids is 1. The number of nitrogens with zero attached hydrogens (tertiary/aromatic N) is 5. The number of hydrogen-bond acceptors (Lipinski definition) is 6. The van der Waals surface area contributed by atoms with Crippen molar-refractivity contribution in [3.05, 3.63) is 53.6 Å². The quantitative estimate of drug-likeness (QED) is 0.724. The van der Waals surface area contributed by atoms with Gasteiger partial charge in [0.2, 0.25) is 0 Å². The molecule has 7 heteroatoms. The predicted octanol–water partition coefficient (Wildman–Crippen LogP) is 2.61. The molecule has 1 saturated heterocycles. The highest BCUT2D eigenvalue weighted by atomic mass is 32.1. The fourth-order valence-corrected chi connectivity index (χ4v) is 4.16. The zero-order valence-electron chi connectivity index (χ0n) is 14.0. The van der Waals surface area contributed by atoms with Crippen LogP contribution >= 0.6 is 11.3 Å². The van der Waals surface area contributed by atoms with Crippen LogP contribution in [0.5, 0.6) is 0 Å². The van der Waals surface area contributed by atoms with E-state index in [2.05, 4.69) is 33.9 Å². The van der Waals surface area contributed by atoms with E-state index in [-0.39, 0.29) is 11.9 Å². The van der Waals surface area contributed by atoms with Gasteiger partial charge >= 0.3 is 0 Å². The average Bonchev–Trinajstić information content (AvgIpc) is 3.12. The van der Waals surface area contributed by atoms with E-state index in [0.29, 0.717) is 18.8 Å². The molecule has 1 fully saturated rings. The van der Waals surface area contributed by atoms with Gasteiger partial charge in [-0.1, -0.05) is 12.1 Å². The third-order valence-electron chi connectivity index (χ3n) is 4.60. The van der Waals surface area contributed by atoms with Crippen LogP contribution in [0.1, 0.15) is 28.5 Å². The molecule has 4 rings (SSSR count). The smallest absolute Gasteiger partial charge is 0.274 e. The van der Waals surface area contributed by atoms with Gasteiger partial charge in [-0.05, 0) is 19.1 Å². The molecule has 128 valence electrons. The highest BCUT2D eigenvalue weighted by Crippen LogP contribution is 2.29. The summed E-state index contributed by atoms with van der Waals surface area (Å²) in [5.41, 5.74) is 1.47. The number of para-hydroxylation sites is 1. The summed E-state index contributed by atoms with van der Waals surface area (Å²) in [5, 5.41) is 1.13. The lowest BCUT2D eigenvalue weighted by Crippen LogP contribution is -2.49. The lowest BCUT2D eigenvalue weighted by atomic mass is 10.2. The van der Waals surface area contributed by atoms with E-state index >= 15 is 0 Å². The molecule has 1 aliphatic heterocycles. The fourth-order valence-electron chi connectivity index (χ4n) is 3.11. The van der Waals surface area contributed by atoms with Gasteiger partial charge in [-0.3, -0.25) is 14.7 Å². The normalized spacial score (nSPS) is 16.9. The first-order valence-corrected chi connectivity index (χ1v) is 9.19. The van der Waals surface area contributed by atoms with Gasteiger partial charge in [0.15, 0.2) is 0 Å². The number of fused-ring (bicyclic) bond motifs is 1. The number of aromatic nitrogens is 3. The molecule has 25 heavy (non-hydrogen) atoms. The van der Waals surface area contributed by atoms with Crippen LogP contribution in [0.25, 0.3) is 10.2 Å². The lowest BCUT2D eigenvalue weighted by molar-refractivity contribution is 0.0576. The van der Waals surface area contributed by atoms with Gasteiger partial charge < -0.3 is 4.90 Å². The molecule has 1 atom stereocenters. The Kier molecular flexibility index (Phi) is 4.42. The Labute approximate surface area is 150 Å². The van der Waals surface area contributed by atoms with Crippen molar-refractivity contribution in [1.82, 2.24) is 24.8 Å². The molecule has 0 N–H and O–H groups in total. The summed E-state index contributed by atoms with van der Waals surface area (Å²) >= 11 is 1.75. The number of carbonyl (C=O) groups is 1. The van der Waals surface area contributed by atoms with Crippen LogP contribution in [-0.4, -0.2) is 56.8 Å². The van der Waals surface area contributed by atoms with E-state index < -0.39 is 0 Å². The second-order valence-electron chi connectivity index (χ2n) is 6.11. The van der Waals surface area contributed by atoms with Crippen molar-refractivity contribution >= 4 is 27.5 Å². The largest absolute Gasteiger partial charge is 0.335 e. The van der Waals surface area contributed by atoms with Crippen molar-refractivity contribution in [3.8, 4) is 0 Å². The van der Waals surface area contributed by atoms with Crippen LogP contribution in [0.3, 0.4) is 0 Å². The average molecular weight is 353 g/mol. The Hall–Kier alpha value is -2.38. The molecular formula is C18H19N5OS. The van der Waals surface area contributed by atoms with Crippen LogP contribution in [0, 0.1) is 0 Å². The van der Waals surface area contributed by atoms with E-state index in [1.807, 2.05) is 17.0 Å². The molecule has 6 nitrogen and oxygen atoms in total. The molecule has 0 aliphatic carbocycles. The van der Waals surface area contributed by atoms with E-state index in [1.165, 1.54) is 10.9 Å². The molecule has 0 bridgehead atoms. The third kappa shape index (κ3) is 3.25. The van der Waals surface area contributed by atoms with Gasteiger partial charge in [0.25, 0.3) is 5.91 Å². The first-order chi connectivity index (χ1) is 12.2. The Bertz CT molecular complexity index is 840. The van der Waals surface area contributed by atoms with Gasteiger partial charge in [0.1, 0.15) is 10.7 Å². The minimum absolute atomic E-state index is 0.0413. The van der Waals surface area contributed by atoms with Gasteiger partial charge in [-0.2, -0.15) is 0 Å². The molecule has 1 amide bonds. The number of piperazine rings is 1. The summed E-state index contributed by atoms with van der Waals surface area (Å²) in [6.07, 6.45) is 4.66. The molecule has 0 spiro atoms. The standard InChI is InChI=1S/C18H19N5OS/c1-13(17-21-14-4-2-3-5-16(14)25-17)22-8-10-23(11-9-22)18(24)15-12-19-6-7-20-15/h2-7,12-13H,8-11H2,1H3/t13-/m0/s1. The molecule has 1 aliphatic rings.